The number of hydrogen-bond acceptors (Lipinski definition) is 4. The first-order valence-electron chi connectivity index (χ1n) is 3.95. The molecule has 0 fully saturated rings. The molecule has 0 radical (unpaired) electrons. The smallest absolute Gasteiger partial charge is 0.146 e. The van der Waals surface area contributed by atoms with Crippen LogP contribution in [0.2, 0.25) is 0 Å². The van der Waals surface area contributed by atoms with Crippen LogP contribution < -0.4 is 10.5 Å². The highest BCUT2D eigenvalue weighted by molar-refractivity contribution is 7.98. The normalized spacial score (nSPS) is 9.92. The fraction of sp³-hybridized carbons (Fsp3) is 0.333. The van der Waals surface area contributed by atoms with Gasteiger partial charge < -0.3 is 15.6 Å². The molecule has 1 aromatic carbocycles. The largest absolute Gasteiger partial charge is 0.506 e. The average Bonchev–Trinajstić information content (AvgIpc) is 2.13. The van der Waals surface area contributed by atoms with Crippen LogP contribution in [0.1, 0.15) is 0 Å². The van der Waals surface area contributed by atoms with Crippen LogP contribution in [-0.2, 0) is 0 Å². The highest BCUT2D eigenvalue weighted by Crippen LogP contribution is 2.29. The lowest BCUT2D eigenvalue weighted by Crippen LogP contribution is -2.02. The van der Waals surface area contributed by atoms with Crippen LogP contribution in [0, 0.1) is 0 Å². The van der Waals surface area contributed by atoms with E-state index in [9.17, 15) is 5.11 Å². The molecule has 0 unspecified atom stereocenters. The minimum absolute atomic E-state index is 0.0710. The average molecular weight is 199 g/mol. The van der Waals surface area contributed by atoms with E-state index in [1.165, 1.54) is 6.07 Å². The molecule has 0 amide bonds. The zero-order valence-corrected chi connectivity index (χ0v) is 8.30. The second kappa shape index (κ2) is 4.87. The molecule has 3 N–H and O–H groups in total. The van der Waals surface area contributed by atoms with Gasteiger partial charge in [-0.2, -0.15) is 11.8 Å². The Morgan fingerprint density at radius 2 is 2.31 bits per heavy atom. The quantitative estimate of drug-likeness (QED) is 0.440. The van der Waals surface area contributed by atoms with Crippen molar-refractivity contribution >= 4 is 17.4 Å². The van der Waals surface area contributed by atoms with Crippen molar-refractivity contribution in [2.45, 2.75) is 0 Å². The minimum atomic E-state index is 0.0710. The van der Waals surface area contributed by atoms with Gasteiger partial charge >= 0.3 is 0 Å². The van der Waals surface area contributed by atoms with Gasteiger partial charge in [0, 0.05) is 5.75 Å². The summed E-state index contributed by atoms with van der Waals surface area (Å²) in [4.78, 5) is 0. The van der Waals surface area contributed by atoms with Crippen LogP contribution in [0.4, 0.5) is 5.69 Å². The lowest BCUT2D eigenvalue weighted by molar-refractivity contribution is 0.344. The molecule has 0 spiro atoms. The van der Waals surface area contributed by atoms with Gasteiger partial charge in [-0.15, -0.1) is 0 Å². The standard InChI is InChI=1S/C9H13NO2S/c1-13-6-5-12-8-4-2-3-7(11)9(8)10/h2-4,11H,5-6,10H2,1H3. The van der Waals surface area contributed by atoms with Crippen molar-refractivity contribution in [3.63, 3.8) is 0 Å². The van der Waals surface area contributed by atoms with Crippen LogP contribution in [0.5, 0.6) is 11.5 Å². The van der Waals surface area contributed by atoms with Gasteiger partial charge in [-0.1, -0.05) is 6.07 Å². The Labute approximate surface area is 81.9 Å². The molecular formula is C9H13NO2S. The summed E-state index contributed by atoms with van der Waals surface area (Å²) in [6.45, 7) is 0.606. The van der Waals surface area contributed by atoms with Crippen molar-refractivity contribution in [1.82, 2.24) is 0 Å². The fourth-order valence-corrected chi connectivity index (χ4v) is 1.14. The van der Waals surface area contributed by atoms with Gasteiger partial charge in [0.15, 0.2) is 0 Å². The molecule has 0 saturated carbocycles. The van der Waals surface area contributed by atoms with Gasteiger partial charge in [0.05, 0.1) is 6.61 Å². The molecule has 1 rings (SSSR count). The molecule has 0 aromatic heterocycles. The SMILES string of the molecule is CSCCOc1cccc(O)c1N. The first-order valence-corrected chi connectivity index (χ1v) is 5.34. The molecule has 0 aliphatic heterocycles. The Kier molecular flexibility index (Phi) is 3.76. The number of hydrogen-bond donors (Lipinski definition) is 2. The predicted octanol–water partition coefficient (Wildman–Crippen LogP) is 1.72. The van der Waals surface area contributed by atoms with Crippen molar-refractivity contribution in [3.8, 4) is 11.5 Å². The van der Waals surface area contributed by atoms with Crippen molar-refractivity contribution in [3.05, 3.63) is 18.2 Å². The minimum Gasteiger partial charge on any atom is -0.506 e. The number of rotatable bonds is 4. The van der Waals surface area contributed by atoms with E-state index >= 15 is 0 Å². The van der Waals surface area contributed by atoms with E-state index in [1.807, 2.05) is 6.26 Å². The lowest BCUT2D eigenvalue weighted by Gasteiger charge is -2.08. The summed E-state index contributed by atoms with van der Waals surface area (Å²) in [5.41, 5.74) is 5.89. The third-order valence-electron chi connectivity index (χ3n) is 1.59. The van der Waals surface area contributed by atoms with Crippen LogP contribution in [0.15, 0.2) is 18.2 Å². The van der Waals surface area contributed by atoms with E-state index in [-0.39, 0.29) is 5.75 Å². The molecule has 0 aliphatic rings. The van der Waals surface area contributed by atoms with Gasteiger partial charge in [0.25, 0.3) is 0 Å². The Bertz CT molecular complexity index is 278. The molecule has 13 heavy (non-hydrogen) atoms. The van der Waals surface area contributed by atoms with Gasteiger partial charge in [0.1, 0.15) is 17.2 Å². The number of para-hydroxylation sites is 1. The molecule has 3 nitrogen and oxygen atoms in total. The number of aromatic hydroxyl groups is 1. The molecule has 0 atom stereocenters. The number of phenolic OH excluding ortho intramolecular Hbond substituents is 1. The highest BCUT2D eigenvalue weighted by Gasteiger charge is 2.03. The number of nitrogen functional groups attached to an aromatic ring is 1. The second-order valence-corrected chi connectivity index (χ2v) is 3.52. The molecule has 0 aliphatic carbocycles. The number of ether oxygens (including phenoxy) is 1. The summed E-state index contributed by atoms with van der Waals surface area (Å²) in [5, 5.41) is 9.25. The summed E-state index contributed by atoms with van der Waals surface area (Å²) in [5.74, 6) is 1.53. The molecule has 0 heterocycles. The van der Waals surface area contributed by atoms with Crippen molar-refractivity contribution in [2.24, 2.45) is 0 Å². The lowest BCUT2D eigenvalue weighted by atomic mass is 10.3. The third kappa shape index (κ3) is 2.73. The maximum atomic E-state index is 9.25. The summed E-state index contributed by atoms with van der Waals surface area (Å²) in [7, 11) is 0. The van der Waals surface area contributed by atoms with E-state index in [1.54, 1.807) is 23.9 Å². The summed E-state index contributed by atoms with van der Waals surface area (Å²) in [6, 6.07) is 4.99. The number of benzene rings is 1. The second-order valence-electron chi connectivity index (χ2n) is 2.53. The Hall–Kier alpha value is -1.03. The van der Waals surface area contributed by atoms with E-state index in [2.05, 4.69) is 0 Å². The van der Waals surface area contributed by atoms with E-state index in [0.717, 1.165) is 5.75 Å². The number of anilines is 1. The molecular weight excluding hydrogens is 186 g/mol. The third-order valence-corrected chi connectivity index (χ3v) is 2.16. The van der Waals surface area contributed by atoms with E-state index < -0.39 is 0 Å². The van der Waals surface area contributed by atoms with Gasteiger partial charge in [-0.05, 0) is 18.4 Å². The van der Waals surface area contributed by atoms with E-state index in [0.29, 0.717) is 18.0 Å². The zero-order valence-electron chi connectivity index (χ0n) is 7.49. The number of nitrogens with two attached hydrogens (primary N) is 1. The molecule has 0 bridgehead atoms. The number of thioether (sulfide) groups is 1. The first-order chi connectivity index (χ1) is 6.25. The topological polar surface area (TPSA) is 55.5 Å². The van der Waals surface area contributed by atoms with Gasteiger partial charge in [-0.3, -0.25) is 0 Å². The van der Waals surface area contributed by atoms with Crippen LogP contribution in [0.3, 0.4) is 0 Å². The van der Waals surface area contributed by atoms with Crippen molar-refractivity contribution < 1.29 is 9.84 Å². The van der Waals surface area contributed by atoms with Crippen LogP contribution in [-0.4, -0.2) is 23.7 Å². The summed E-state index contributed by atoms with van der Waals surface area (Å²) >= 11 is 1.70. The highest BCUT2D eigenvalue weighted by atomic mass is 32.2. The number of phenols is 1. The van der Waals surface area contributed by atoms with Crippen molar-refractivity contribution in [2.75, 3.05) is 24.3 Å². The molecule has 1 aromatic rings. The summed E-state index contributed by atoms with van der Waals surface area (Å²) in [6.07, 6.45) is 2.01. The van der Waals surface area contributed by atoms with Gasteiger partial charge in [-0.25, -0.2) is 0 Å². The van der Waals surface area contributed by atoms with E-state index in [4.69, 9.17) is 10.5 Å². The van der Waals surface area contributed by atoms with Gasteiger partial charge in [0.2, 0.25) is 0 Å². The predicted molar refractivity (Wildman–Crippen MR) is 56.4 cm³/mol. The Morgan fingerprint density at radius 3 is 3.00 bits per heavy atom. The summed E-state index contributed by atoms with van der Waals surface area (Å²) < 4.78 is 5.35. The van der Waals surface area contributed by atoms with Crippen LogP contribution in [0.25, 0.3) is 0 Å². The molecule has 0 saturated heterocycles. The molecule has 4 heteroatoms. The first kappa shape index (κ1) is 10.1. The Morgan fingerprint density at radius 1 is 1.54 bits per heavy atom. The molecule has 72 valence electrons. The Balaban J connectivity index is 2.61. The monoisotopic (exact) mass is 199 g/mol. The van der Waals surface area contributed by atoms with Crippen LogP contribution >= 0.6 is 11.8 Å². The van der Waals surface area contributed by atoms with Crippen molar-refractivity contribution in [1.29, 1.82) is 0 Å². The zero-order chi connectivity index (χ0) is 9.68. The maximum absolute atomic E-state index is 9.25. The fourth-order valence-electron chi connectivity index (χ4n) is 0.893. The maximum Gasteiger partial charge on any atom is 0.146 e.